The summed E-state index contributed by atoms with van der Waals surface area (Å²) in [6.45, 7) is 2.08. The zero-order valence-electron chi connectivity index (χ0n) is 22.9. The van der Waals surface area contributed by atoms with E-state index in [4.69, 9.17) is 23.7 Å². The number of rotatable bonds is 8. The van der Waals surface area contributed by atoms with E-state index in [-0.39, 0.29) is 18.2 Å². The van der Waals surface area contributed by atoms with Gasteiger partial charge in [-0.1, -0.05) is 42.5 Å². The summed E-state index contributed by atoms with van der Waals surface area (Å²) in [5.41, 5.74) is 3.54. The Hall–Kier alpha value is -4.63. The number of methoxy groups -OCH3 is 2. The minimum Gasteiger partial charge on any atom is -0.497 e. The van der Waals surface area contributed by atoms with Crippen molar-refractivity contribution in [2.75, 3.05) is 21.0 Å². The predicted molar refractivity (Wildman–Crippen MR) is 154 cm³/mol. The lowest BCUT2D eigenvalue weighted by molar-refractivity contribution is 0.173. The summed E-state index contributed by atoms with van der Waals surface area (Å²) in [6.07, 6.45) is -0.562. The highest BCUT2D eigenvalue weighted by Crippen LogP contribution is 2.50. The second-order valence-corrected chi connectivity index (χ2v) is 11.5. The third kappa shape index (κ3) is 4.93. The van der Waals surface area contributed by atoms with Crippen LogP contribution < -0.4 is 23.7 Å². The van der Waals surface area contributed by atoms with Gasteiger partial charge in [0.05, 0.1) is 31.4 Å². The molecule has 0 aromatic heterocycles. The van der Waals surface area contributed by atoms with Crippen LogP contribution in [0.1, 0.15) is 29.7 Å². The van der Waals surface area contributed by atoms with Crippen molar-refractivity contribution < 1.29 is 32.1 Å². The number of ether oxygens (including phenoxy) is 5. The predicted octanol–water partition coefficient (Wildman–Crippen LogP) is 6.19. The average molecular weight is 572 g/mol. The minimum atomic E-state index is -4.06. The summed E-state index contributed by atoms with van der Waals surface area (Å²) in [7, 11) is -0.903. The van der Waals surface area contributed by atoms with E-state index in [0.29, 0.717) is 40.0 Å². The van der Waals surface area contributed by atoms with E-state index in [2.05, 4.69) is 0 Å². The number of hydrogen-bond donors (Lipinski definition) is 0. The van der Waals surface area contributed by atoms with Gasteiger partial charge < -0.3 is 23.7 Å². The van der Waals surface area contributed by atoms with E-state index in [1.165, 1.54) is 4.31 Å². The van der Waals surface area contributed by atoms with E-state index in [9.17, 15) is 8.42 Å². The fraction of sp³-hybridized carbons (Fsp3) is 0.188. The van der Waals surface area contributed by atoms with Crippen molar-refractivity contribution in [3.8, 4) is 28.7 Å². The molecule has 8 nitrogen and oxygen atoms in total. The minimum absolute atomic E-state index is 0.0794. The molecule has 0 amide bonds. The first-order chi connectivity index (χ1) is 19.9. The van der Waals surface area contributed by atoms with Gasteiger partial charge in [0.1, 0.15) is 23.4 Å². The van der Waals surface area contributed by atoms with Crippen molar-refractivity contribution in [2.24, 2.45) is 0 Å². The first-order valence-corrected chi connectivity index (χ1v) is 14.5. The molecular weight excluding hydrogens is 542 g/mol. The maximum Gasteiger partial charge on any atom is 0.264 e. The zero-order valence-corrected chi connectivity index (χ0v) is 23.7. The summed E-state index contributed by atoms with van der Waals surface area (Å²) in [5, 5.41) is 0. The molecule has 1 atom stereocenters. The number of sulfonamides is 1. The van der Waals surface area contributed by atoms with Crippen LogP contribution in [0.15, 0.2) is 101 Å². The number of fused-ring (bicyclic) bond motifs is 2. The van der Waals surface area contributed by atoms with Gasteiger partial charge in [-0.25, -0.2) is 8.42 Å². The molecule has 0 aliphatic carbocycles. The Balaban J connectivity index is 1.57. The highest BCUT2D eigenvalue weighted by Gasteiger charge is 2.37. The number of nitrogens with zero attached hydrogens (tertiary/aromatic N) is 1. The molecule has 4 aromatic rings. The van der Waals surface area contributed by atoms with E-state index in [1.54, 1.807) is 50.6 Å². The molecule has 0 bridgehead atoms. The second-order valence-electron chi connectivity index (χ2n) is 9.68. The maximum absolute atomic E-state index is 14.5. The van der Waals surface area contributed by atoms with E-state index >= 15 is 0 Å². The van der Waals surface area contributed by atoms with Gasteiger partial charge in [0, 0.05) is 11.6 Å². The van der Waals surface area contributed by atoms with Crippen molar-refractivity contribution in [3.05, 3.63) is 113 Å². The van der Waals surface area contributed by atoms with Crippen molar-refractivity contribution in [2.45, 2.75) is 24.5 Å². The van der Waals surface area contributed by atoms with Crippen LogP contribution in [0.3, 0.4) is 0 Å². The van der Waals surface area contributed by atoms with E-state index in [0.717, 1.165) is 16.7 Å². The molecule has 0 fully saturated rings. The van der Waals surface area contributed by atoms with Crippen molar-refractivity contribution in [1.29, 1.82) is 0 Å². The molecule has 0 spiro atoms. The highest BCUT2D eigenvalue weighted by atomic mass is 32.2. The average Bonchev–Trinajstić information content (AvgIpc) is 3.47. The van der Waals surface area contributed by atoms with Gasteiger partial charge in [-0.3, -0.25) is 4.31 Å². The summed E-state index contributed by atoms with van der Waals surface area (Å²) in [6, 6.07) is 27.0. The van der Waals surface area contributed by atoms with Crippen molar-refractivity contribution in [3.63, 3.8) is 0 Å². The lowest BCUT2D eigenvalue weighted by atomic mass is 9.94. The molecule has 2 heterocycles. The highest BCUT2D eigenvalue weighted by molar-refractivity contribution is 7.89. The van der Waals surface area contributed by atoms with E-state index < -0.39 is 16.1 Å². The molecule has 6 rings (SSSR count). The molecule has 0 unspecified atom stereocenters. The summed E-state index contributed by atoms with van der Waals surface area (Å²) in [4.78, 5) is 0.143. The Morgan fingerprint density at radius 1 is 0.805 bits per heavy atom. The number of benzene rings is 4. The maximum atomic E-state index is 14.5. The summed E-state index contributed by atoms with van der Waals surface area (Å²) < 4.78 is 58.9. The van der Waals surface area contributed by atoms with Gasteiger partial charge >= 0.3 is 0 Å². The van der Waals surface area contributed by atoms with Crippen LogP contribution in [0.4, 0.5) is 0 Å². The van der Waals surface area contributed by atoms with E-state index in [1.807, 2.05) is 61.5 Å². The van der Waals surface area contributed by atoms with Gasteiger partial charge in [0.2, 0.25) is 6.79 Å². The Bertz CT molecular complexity index is 1700. The lowest BCUT2D eigenvalue weighted by Gasteiger charge is -2.36. The third-order valence-electron chi connectivity index (χ3n) is 7.23. The van der Waals surface area contributed by atoms with Crippen LogP contribution in [0.2, 0.25) is 0 Å². The van der Waals surface area contributed by atoms with Crippen LogP contribution in [-0.4, -0.2) is 33.7 Å². The quantitative estimate of drug-likeness (QED) is 0.249. The Kier molecular flexibility index (Phi) is 6.96. The Labute approximate surface area is 239 Å². The normalized spacial score (nSPS) is 15.6. The summed E-state index contributed by atoms with van der Waals surface area (Å²) >= 11 is 0. The molecule has 0 N–H and O–H groups in total. The molecule has 210 valence electrons. The third-order valence-corrected chi connectivity index (χ3v) is 8.99. The van der Waals surface area contributed by atoms with Gasteiger partial charge in [-0.2, -0.15) is 0 Å². The van der Waals surface area contributed by atoms with Gasteiger partial charge in [0.15, 0.2) is 11.5 Å². The smallest absolute Gasteiger partial charge is 0.264 e. The zero-order chi connectivity index (χ0) is 28.6. The molecule has 2 aliphatic heterocycles. The van der Waals surface area contributed by atoms with Crippen LogP contribution >= 0.6 is 0 Å². The first kappa shape index (κ1) is 26.6. The van der Waals surface area contributed by atoms with Crippen molar-refractivity contribution >= 4 is 15.7 Å². The Morgan fingerprint density at radius 2 is 1.41 bits per heavy atom. The van der Waals surface area contributed by atoms with Crippen LogP contribution in [-0.2, 0) is 16.6 Å². The molecule has 41 heavy (non-hydrogen) atoms. The van der Waals surface area contributed by atoms with Gasteiger partial charge in [0.25, 0.3) is 10.0 Å². The molecule has 0 saturated carbocycles. The number of hydrogen-bond acceptors (Lipinski definition) is 7. The fourth-order valence-corrected chi connectivity index (χ4v) is 6.63. The standard InChI is InChI=1S/C32H29NO7S/c1-21-31(33(19-22-7-5-4-6-8-22)41(34,35)26-15-13-25(37-3)14-16-26)27-17-29-30(39-20-38-29)18-28(27)40-32(21)23-9-11-24(36-2)12-10-23/h4-18,32H,19-20H2,1-3H3/t32-/m0/s1. The molecular formula is C32H29NO7S. The Morgan fingerprint density at radius 3 is 2.05 bits per heavy atom. The van der Waals surface area contributed by atoms with Gasteiger partial charge in [-0.15, -0.1) is 0 Å². The summed E-state index contributed by atoms with van der Waals surface area (Å²) in [5.74, 6) is 2.85. The molecule has 0 saturated heterocycles. The molecule has 0 radical (unpaired) electrons. The molecule has 9 heteroatoms. The SMILES string of the molecule is COc1ccc([C@H]2Oc3cc4c(cc3C(N(Cc3ccccc3)S(=O)(=O)c3ccc(OC)cc3)=C2C)OCO4)cc1. The lowest BCUT2D eigenvalue weighted by Crippen LogP contribution is -2.33. The molecule has 4 aromatic carbocycles. The van der Waals surface area contributed by atoms with Crippen LogP contribution in [0.5, 0.6) is 28.7 Å². The fourth-order valence-electron chi connectivity index (χ4n) is 5.09. The largest absolute Gasteiger partial charge is 0.497 e. The van der Waals surface area contributed by atoms with Crippen LogP contribution in [0, 0.1) is 0 Å². The second kappa shape index (κ2) is 10.7. The first-order valence-electron chi connectivity index (χ1n) is 13.0. The topological polar surface area (TPSA) is 83.5 Å². The van der Waals surface area contributed by atoms with Crippen LogP contribution in [0.25, 0.3) is 5.70 Å². The molecule has 2 aliphatic rings. The van der Waals surface area contributed by atoms with Gasteiger partial charge in [-0.05, 0) is 66.1 Å². The van der Waals surface area contributed by atoms with Crippen molar-refractivity contribution in [1.82, 2.24) is 4.31 Å². The monoisotopic (exact) mass is 571 g/mol.